The number of halogens is 3. The van der Waals surface area contributed by atoms with Crippen LogP contribution >= 0.6 is 11.3 Å². The Balaban J connectivity index is 2.11. The van der Waals surface area contributed by atoms with E-state index in [0.29, 0.717) is 12.1 Å². The van der Waals surface area contributed by atoms with E-state index < -0.39 is 49.8 Å². The smallest absolute Gasteiger partial charge is 0.280 e. The minimum atomic E-state index is -4.45. The molecule has 1 heterocycles. The molecule has 1 aromatic heterocycles. The average Bonchev–Trinajstić information content (AvgIpc) is 3.19. The minimum Gasteiger partial charge on any atom is -0.389 e. The Hall–Kier alpha value is -2.02. The van der Waals surface area contributed by atoms with Crippen molar-refractivity contribution in [3.8, 4) is 10.4 Å². The molecule has 1 aliphatic carbocycles. The summed E-state index contributed by atoms with van der Waals surface area (Å²) in [5.74, 6) is -1.67. The largest absolute Gasteiger partial charge is 0.389 e. The molecule has 12 heteroatoms. The average molecular weight is 576 g/mol. The van der Waals surface area contributed by atoms with Crippen LogP contribution in [0.4, 0.5) is 13.2 Å². The number of hydrogen-bond donors (Lipinski definition) is 3. The lowest BCUT2D eigenvalue weighted by Gasteiger charge is -2.22. The number of aromatic nitrogens is 1. The van der Waals surface area contributed by atoms with Crippen molar-refractivity contribution in [3.63, 3.8) is 0 Å². The fourth-order valence-electron chi connectivity index (χ4n) is 4.48. The number of alkyl halides is 2. The van der Waals surface area contributed by atoms with Gasteiger partial charge in [0.25, 0.3) is 12.3 Å². The molecule has 0 unspecified atom stereocenters. The molecule has 2 aromatic rings. The van der Waals surface area contributed by atoms with Crippen LogP contribution in [0, 0.1) is 11.7 Å². The molecule has 1 saturated carbocycles. The Labute approximate surface area is 226 Å². The van der Waals surface area contributed by atoms with Crippen LogP contribution in [0.25, 0.3) is 10.4 Å². The lowest BCUT2D eigenvalue weighted by molar-refractivity contribution is 0.0694. The topological polar surface area (TPSA) is 108 Å². The summed E-state index contributed by atoms with van der Waals surface area (Å²) in [5.41, 5.74) is -3.16. The van der Waals surface area contributed by atoms with Gasteiger partial charge in [-0.2, -0.15) is 0 Å². The third kappa shape index (κ3) is 7.77. The Morgan fingerprint density at radius 2 is 1.79 bits per heavy atom. The third-order valence-electron chi connectivity index (χ3n) is 6.11. The number of aliphatic hydroxyl groups is 1. The van der Waals surface area contributed by atoms with Crippen LogP contribution < -0.4 is 10.0 Å². The number of thiazole rings is 1. The molecule has 1 aromatic carbocycles. The number of carbonyl (C=O) groups is 1. The monoisotopic (exact) mass is 575 g/mol. The van der Waals surface area contributed by atoms with Crippen molar-refractivity contribution in [2.24, 2.45) is 5.92 Å². The van der Waals surface area contributed by atoms with Crippen molar-refractivity contribution in [2.75, 3.05) is 6.54 Å². The highest BCUT2D eigenvalue weighted by Gasteiger charge is 2.33. The molecule has 0 aliphatic heterocycles. The summed E-state index contributed by atoms with van der Waals surface area (Å²) >= 11 is 0.863. The number of amides is 1. The van der Waals surface area contributed by atoms with E-state index in [9.17, 15) is 27.1 Å². The first-order chi connectivity index (χ1) is 17.5. The molecule has 0 radical (unpaired) electrons. The molecule has 0 bridgehead atoms. The normalized spacial score (nSPS) is 15.7. The van der Waals surface area contributed by atoms with Crippen molar-refractivity contribution >= 4 is 27.3 Å². The predicted molar refractivity (Wildman–Crippen MR) is 141 cm³/mol. The van der Waals surface area contributed by atoms with E-state index in [1.165, 1.54) is 13.8 Å². The molecular formula is C26H36F3N3O4S2. The SMILES string of the molecule is CC(C)(O)CNC(=O)c1nc(CC2CCCCC2)c(-c2ccc(S(=O)(=O)NC(C)(C)C)c(C(F)F)c2F)s1. The fraction of sp³-hybridized carbons (Fsp3) is 0.615. The van der Waals surface area contributed by atoms with Crippen LogP contribution in [0.2, 0.25) is 0 Å². The minimum absolute atomic E-state index is 0.0131. The van der Waals surface area contributed by atoms with Gasteiger partial charge >= 0.3 is 0 Å². The van der Waals surface area contributed by atoms with Gasteiger partial charge in [0.2, 0.25) is 10.0 Å². The van der Waals surface area contributed by atoms with E-state index in [1.54, 1.807) is 20.8 Å². The van der Waals surface area contributed by atoms with E-state index >= 15 is 4.39 Å². The summed E-state index contributed by atoms with van der Waals surface area (Å²) < 4.78 is 72.0. The number of sulfonamides is 1. The van der Waals surface area contributed by atoms with Gasteiger partial charge in [0.15, 0.2) is 5.01 Å². The molecule has 38 heavy (non-hydrogen) atoms. The molecule has 0 atom stereocenters. The predicted octanol–water partition coefficient (Wildman–Crippen LogP) is 5.59. The Morgan fingerprint density at radius 3 is 2.34 bits per heavy atom. The molecule has 1 aliphatic rings. The number of benzene rings is 1. The number of nitrogens with zero attached hydrogens (tertiary/aromatic N) is 1. The second kappa shape index (κ2) is 11.6. The highest BCUT2D eigenvalue weighted by Crippen LogP contribution is 2.40. The van der Waals surface area contributed by atoms with Crippen LogP contribution in [-0.4, -0.2) is 42.1 Å². The van der Waals surface area contributed by atoms with E-state index in [1.807, 2.05) is 0 Å². The van der Waals surface area contributed by atoms with Gasteiger partial charge in [0.05, 0.1) is 26.6 Å². The molecule has 212 valence electrons. The summed E-state index contributed by atoms with van der Waals surface area (Å²) in [5, 5.41) is 12.5. The van der Waals surface area contributed by atoms with Gasteiger partial charge in [-0.05, 0) is 59.1 Å². The van der Waals surface area contributed by atoms with Crippen LogP contribution in [0.5, 0.6) is 0 Å². The van der Waals surface area contributed by atoms with Gasteiger partial charge in [-0.1, -0.05) is 32.1 Å². The Kier molecular flexibility index (Phi) is 9.33. The zero-order valence-electron chi connectivity index (χ0n) is 22.3. The summed E-state index contributed by atoms with van der Waals surface area (Å²) in [6, 6.07) is 2.14. The first-order valence-corrected chi connectivity index (χ1v) is 14.9. The number of rotatable bonds is 9. The van der Waals surface area contributed by atoms with E-state index in [0.717, 1.165) is 55.6 Å². The molecule has 3 rings (SSSR count). The second-order valence-corrected chi connectivity index (χ2v) is 14.1. The van der Waals surface area contributed by atoms with Crippen LogP contribution in [-0.2, 0) is 16.4 Å². The summed E-state index contributed by atoms with van der Waals surface area (Å²) in [6.45, 7) is 7.67. The fourth-order valence-corrected chi connectivity index (χ4v) is 7.14. The van der Waals surface area contributed by atoms with Crippen molar-refractivity contribution in [3.05, 3.63) is 34.2 Å². The van der Waals surface area contributed by atoms with Crippen molar-refractivity contribution in [1.82, 2.24) is 15.0 Å². The van der Waals surface area contributed by atoms with Crippen molar-refractivity contribution in [1.29, 1.82) is 0 Å². The summed E-state index contributed by atoms with van der Waals surface area (Å²) in [4.78, 5) is 16.6. The quantitative estimate of drug-likeness (QED) is 0.361. The van der Waals surface area contributed by atoms with Gasteiger partial charge in [-0.3, -0.25) is 4.79 Å². The molecular weight excluding hydrogens is 539 g/mol. The Bertz CT molecular complexity index is 1260. The number of hydrogen-bond acceptors (Lipinski definition) is 6. The summed E-state index contributed by atoms with van der Waals surface area (Å²) in [6.07, 6.45) is 2.14. The van der Waals surface area contributed by atoms with Crippen LogP contribution in [0.15, 0.2) is 17.0 Å². The van der Waals surface area contributed by atoms with Gasteiger partial charge in [-0.25, -0.2) is 31.3 Å². The molecule has 1 fully saturated rings. The first-order valence-electron chi connectivity index (χ1n) is 12.6. The highest BCUT2D eigenvalue weighted by molar-refractivity contribution is 7.89. The van der Waals surface area contributed by atoms with E-state index in [2.05, 4.69) is 15.0 Å². The second-order valence-electron chi connectivity index (χ2n) is 11.5. The van der Waals surface area contributed by atoms with Gasteiger partial charge in [-0.15, -0.1) is 11.3 Å². The standard InChI is InChI=1S/C26H36F3N3O4S2/c1-25(2,3)32-38(35,36)18-12-11-16(20(27)19(18)22(28)29)21-17(13-15-9-7-6-8-10-15)31-24(37-21)23(33)30-14-26(4,5)34/h11-12,15,22,32,34H,6-10,13-14H2,1-5H3,(H,30,33). The first kappa shape index (κ1) is 30.5. The maximum atomic E-state index is 15.8. The molecule has 3 N–H and O–H groups in total. The molecule has 0 saturated heterocycles. The van der Waals surface area contributed by atoms with Gasteiger partial charge in [0.1, 0.15) is 5.82 Å². The van der Waals surface area contributed by atoms with E-state index in [4.69, 9.17) is 0 Å². The molecule has 7 nitrogen and oxygen atoms in total. The lowest BCUT2D eigenvalue weighted by Crippen LogP contribution is -2.40. The summed E-state index contributed by atoms with van der Waals surface area (Å²) in [7, 11) is -4.45. The Morgan fingerprint density at radius 1 is 1.16 bits per heavy atom. The van der Waals surface area contributed by atoms with Gasteiger partial charge in [0, 0.05) is 17.6 Å². The number of nitrogens with one attached hydrogen (secondary N) is 2. The van der Waals surface area contributed by atoms with Crippen LogP contribution in [0.3, 0.4) is 0 Å². The van der Waals surface area contributed by atoms with Crippen molar-refractivity contribution < 1.29 is 31.5 Å². The lowest BCUT2D eigenvalue weighted by atomic mass is 9.85. The zero-order chi connectivity index (χ0) is 28.5. The van der Waals surface area contributed by atoms with Crippen LogP contribution in [0.1, 0.15) is 94.2 Å². The van der Waals surface area contributed by atoms with E-state index in [-0.39, 0.29) is 27.9 Å². The van der Waals surface area contributed by atoms with Crippen molar-refractivity contribution in [2.45, 2.75) is 95.6 Å². The molecule has 1 amide bonds. The molecule has 0 spiro atoms. The van der Waals surface area contributed by atoms with Gasteiger partial charge < -0.3 is 10.4 Å². The maximum Gasteiger partial charge on any atom is 0.280 e. The highest BCUT2D eigenvalue weighted by atomic mass is 32.2. The third-order valence-corrected chi connectivity index (χ3v) is 9.06. The number of carbonyl (C=O) groups excluding carboxylic acids is 1. The zero-order valence-corrected chi connectivity index (χ0v) is 24.0. The maximum absolute atomic E-state index is 15.8.